The van der Waals surface area contributed by atoms with E-state index in [1.54, 1.807) is 0 Å². The lowest BCUT2D eigenvalue weighted by molar-refractivity contribution is -0.128. The Morgan fingerprint density at radius 1 is 1.47 bits per heavy atom. The largest absolute Gasteiger partial charge is 0.353 e. The first-order chi connectivity index (χ1) is 7.88. The van der Waals surface area contributed by atoms with Gasteiger partial charge in [0.2, 0.25) is 5.91 Å². The SMILES string of the molecule is CC(C)C(CCN)NC(=O)C1CCCC1(C)C. The van der Waals surface area contributed by atoms with Crippen LogP contribution in [0.4, 0.5) is 0 Å². The maximum atomic E-state index is 12.3. The molecule has 2 atom stereocenters. The summed E-state index contributed by atoms with van der Waals surface area (Å²) in [6, 6.07) is 0.226. The molecule has 0 aromatic heterocycles. The fraction of sp³-hybridized carbons (Fsp3) is 0.929. The third kappa shape index (κ3) is 3.70. The van der Waals surface area contributed by atoms with Gasteiger partial charge < -0.3 is 11.1 Å². The summed E-state index contributed by atoms with van der Waals surface area (Å²) in [5.74, 6) is 0.869. The number of rotatable bonds is 5. The molecule has 1 saturated carbocycles. The number of nitrogens with two attached hydrogens (primary N) is 1. The lowest BCUT2D eigenvalue weighted by Crippen LogP contribution is -2.45. The number of hydrogen-bond acceptors (Lipinski definition) is 2. The van der Waals surface area contributed by atoms with E-state index in [0.717, 1.165) is 19.3 Å². The predicted octanol–water partition coefficient (Wildman–Crippen LogP) is 2.30. The minimum atomic E-state index is 0.161. The Morgan fingerprint density at radius 3 is 2.53 bits per heavy atom. The molecule has 0 spiro atoms. The molecule has 1 fully saturated rings. The highest BCUT2D eigenvalue weighted by Crippen LogP contribution is 2.42. The molecule has 0 radical (unpaired) electrons. The average Bonchev–Trinajstić information content (AvgIpc) is 2.57. The van der Waals surface area contributed by atoms with Crippen molar-refractivity contribution < 1.29 is 4.79 Å². The van der Waals surface area contributed by atoms with Gasteiger partial charge in [-0.15, -0.1) is 0 Å². The molecule has 1 rings (SSSR count). The van der Waals surface area contributed by atoms with E-state index < -0.39 is 0 Å². The molecule has 0 aliphatic heterocycles. The number of carbonyl (C=O) groups is 1. The Kier molecular flexibility index (Phi) is 4.99. The summed E-state index contributed by atoms with van der Waals surface area (Å²) >= 11 is 0. The van der Waals surface area contributed by atoms with E-state index in [2.05, 4.69) is 33.0 Å². The van der Waals surface area contributed by atoms with E-state index in [-0.39, 0.29) is 23.3 Å². The third-order valence-electron chi connectivity index (χ3n) is 4.18. The topological polar surface area (TPSA) is 55.1 Å². The van der Waals surface area contributed by atoms with Crippen molar-refractivity contribution in [2.75, 3.05) is 6.54 Å². The first-order valence-corrected chi connectivity index (χ1v) is 6.89. The number of nitrogens with one attached hydrogen (secondary N) is 1. The van der Waals surface area contributed by atoms with Crippen LogP contribution in [0.1, 0.15) is 53.4 Å². The molecule has 3 heteroatoms. The standard InChI is InChI=1S/C14H28N2O/c1-10(2)12(7-9-15)16-13(17)11-6-5-8-14(11,3)4/h10-12H,5-9,15H2,1-4H3,(H,16,17). The van der Waals surface area contributed by atoms with Crippen molar-refractivity contribution in [2.24, 2.45) is 23.0 Å². The van der Waals surface area contributed by atoms with Gasteiger partial charge in [-0.3, -0.25) is 4.79 Å². The molecule has 100 valence electrons. The molecule has 3 N–H and O–H groups in total. The van der Waals surface area contributed by atoms with Gasteiger partial charge in [0.1, 0.15) is 0 Å². The van der Waals surface area contributed by atoms with Crippen molar-refractivity contribution in [1.82, 2.24) is 5.32 Å². The summed E-state index contributed by atoms with van der Waals surface area (Å²) in [6.45, 7) is 9.33. The molecular weight excluding hydrogens is 212 g/mol. The van der Waals surface area contributed by atoms with E-state index in [0.29, 0.717) is 12.5 Å². The van der Waals surface area contributed by atoms with E-state index in [1.807, 2.05) is 0 Å². The van der Waals surface area contributed by atoms with Crippen LogP contribution in [-0.4, -0.2) is 18.5 Å². The molecule has 1 aliphatic carbocycles. The lowest BCUT2D eigenvalue weighted by Gasteiger charge is -2.29. The van der Waals surface area contributed by atoms with Gasteiger partial charge in [0.15, 0.2) is 0 Å². The second kappa shape index (κ2) is 5.85. The van der Waals surface area contributed by atoms with Gasteiger partial charge in [-0.1, -0.05) is 34.1 Å². The maximum absolute atomic E-state index is 12.3. The number of carbonyl (C=O) groups excluding carboxylic acids is 1. The van der Waals surface area contributed by atoms with Crippen LogP contribution < -0.4 is 11.1 Å². The molecule has 0 aromatic carbocycles. The Bertz CT molecular complexity index is 261. The van der Waals surface area contributed by atoms with Gasteiger partial charge in [-0.25, -0.2) is 0 Å². The fourth-order valence-corrected chi connectivity index (χ4v) is 2.85. The summed E-state index contributed by atoms with van der Waals surface area (Å²) in [5, 5.41) is 3.20. The molecule has 17 heavy (non-hydrogen) atoms. The molecule has 1 amide bonds. The Morgan fingerprint density at radius 2 is 2.12 bits per heavy atom. The summed E-state index contributed by atoms with van der Waals surface area (Å²) in [6.07, 6.45) is 4.24. The van der Waals surface area contributed by atoms with Gasteiger partial charge >= 0.3 is 0 Å². The maximum Gasteiger partial charge on any atom is 0.223 e. The minimum Gasteiger partial charge on any atom is -0.353 e. The van der Waals surface area contributed by atoms with Crippen molar-refractivity contribution in [1.29, 1.82) is 0 Å². The van der Waals surface area contributed by atoms with Crippen molar-refractivity contribution in [2.45, 2.75) is 59.4 Å². The molecule has 3 nitrogen and oxygen atoms in total. The fourth-order valence-electron chi connectivity index (χ4n) is 2.85. The van der Waals surface area contributed by atoms with Crippen LogP contribution in [0, 0.1) is 17.3 Å². The van der Waals surface area contributed by atoms with Crippen molar-refractivity contribution in [3.05, 3.63) is 0 Å². The molecule has 0 bridgehead atoms. The second-order valence-electron chi connectivity index (χ2n) is 6.37. The zero-order valence-corrected chi connectivity index (χ0v) is 11.8. The lowest BCUT2D eigenvalue weighted by atomic mass is 9.81. The van der Waals surface area contributed by atoms with Crippen LogP contribution >= 0.6 is 0 Å². The molecule has 0 heterocycles. The van der Waals surface area contributed by atoms with Crippen LogP contribution in [0.15, 0.2) is 0 Å². The van der Waals surface area contributed by atoms with Gasteiger partial charge in [-0.2, -0.15) is 0 Å². The molecule has 0 aromatic rings. The van der Waals surface area contributed by atoms with E-state index in [1.165, 1.54) is 6.42 Å². The van der Waals surface area contributed by atoms with Crippen LogP contribution in [-0.2, 0) is 4.79 Å². The normalized spacial score (nSPS) is 24.9. The molecule has 1 aliphatic rings. The van der Waals surface area contributed by atoms with Gasteiger partial charge in [0.25, 0.3) is 0 Å². The highest BCUT2D eigenvalue weighted by atomic mass is 16.2. The van der Waals surface area contributed by atoms with Crippen LogP contribution in [0.2, 0.25) is 0 Å². The van der Waals surface area contributed by atoms with Crippen LogP contribution in [0.25, 0.3) is 0 Å². The van der Waals surface area contributed by atoms with Crippen LogP contribution in [0.3, 0.4) is 0 Å². The Balaban J connectivity index is 2.58. The first kappa shape index (κ1) is 14.5. The quantitative estimate of drug-likeness (QED) is 0.774. The Hall–Kier alpha value is -0.570. The molecular formula is C14H28N2O. The van der Waals surface area contributed by atoms with Crippen molar-refractivity contribution >= 4 is 5.91 Å². The first-order valence-electron chi connectivity index (χ1n) is 6.89. The monoisotopic (exact) mass is 240 g/mol. The van der Waals surface area contributed by atoms with Gasteiger partial charge in [-0.05, 0) is 37.1 Å². The smallest absolute Gasteiger partial charge is 0.223 e. The summed E-state index contributed by atoms with van der Waals surface area (Å²) in [4.78, 5) is 12.3. The average molecular weight is 240 g/mol. The number of amides is 1. The minimum absolute atomic E-state index is 0.161. The van der Waals surface area contributed by atoms with Crippen molar-refractivity contribution in [3.63, 3.8) is 0 Å². The van der Waals surface area contributed by atoms with E-state index in [4.69, 9.17) is 5.73 Å². The highest BCUT2D eigenvalue weighted by molar-refractivity contribution is 5.80. The van der Waals surface area contributed by atoms with Crippen molar-refractivity contribution in [3.8, 4) is 0 Å². The van der Waals surface area contributed by atoms with Gasteiger partial charge in [0, 0.05) is 12.0 Å². The molecule has 0 saturated heterocycles. The summed E-state index contributed by atoms with van der Waals surface area (Å²) < 4.78 is 0. The zero-order chi connectivity index (χ0) is 13.1. The summed E-state index contributed by atoms with van der Waals surface area (Å²) in [7, 11) is 0. The predicted molar refractivity (Wildman–Crippen MR) is 71.6 cm³/mol. The summed E-state index contributed by atoms with van der Waals surface area (Å²) in [5.41, 5.74) is 5.76. The highest BCUT2D eigenvalue weighted by Gasteiger charge is 2.39. The van der Waals surface area contributed by atoms with E-state index in [9.17, 15) is 4.79 Å². The second-order valence-corrected chi connectivity index (χ2v) is 6.37. The van der Waals surface area contributed by atoms with Crippen LogP contribution in [0.5, 0.6) is 0 Å². The Labute approximate surface area is 106 Å². The zero-order valence-electron chi connectivity index (χ0n) is 11.8. The van der Waals surface area contributed by atoms with Gasteiger partial charge in [0.05, 0.1) is 0 Å². The molecule has 2 unspecified atom stereocenters. The van der Waals surface area contributed by atoms with E-state index >= 15 is 0 Å². The number of hydrogen-bond donors (Lipinski definition) is 2. The third-order valence-corrected chi connectivity index (χ3v) is 4.18.